The molecular formula is C20H28N2O3. The van der Waals surface area contributed by atoms with E-state index in [0.717, 1.165) is 55.3 Å². The van der Waals surface area contributed by atoms with Gasteiger partial charge in [0.05, 0.1) is 25.5 Å². The van der Waals surface area contributed by atoms with Crippen LogP contribution >= 0.6 is 0 Å². The second-order valence-corrected chi connectivity index (χ2v) is 6.97. The second kappa shape index (κ2) is 8.02. The van der Waals surface area contributed by atoms with E-state index in [2.05, 4.69) is 22.0 Å². The molecule has 0 radical (unpaired) electrons. The molecule has 5 heteroatoms. The number of aliphatic hydroxyl groups is 1. The number of rotatable bonds is 6. The van der Waals surface area contributed by atoms with Crippen LogP contribution in [0.4, 0.5) is 0 Å². The van der Waals surface area contributed by atoms with E-state index in [9.17, 15) is 5.11 Å². The first-order valence-electron chi connectivity index (χ1n) is 9.03. The van der Waals surface area contributed by atoms with Crippen molar-refractivity contribution < 1.29 is 14.3 Å². The fraction of sp³-hybridized carbons (Fsp3) is 0.550. The lowest BCUT2D eigenvalue weighted by molar-refractivity contribution is 0.0623. The SMILES string of the molecule is COc1cccc(CN(Cc2nc(C)c(C)o2)C2CCC(O)CC2)c1. The summed E-state index contributed by atoms with van der Waals surface area (Å²) in [4.78, 5) is 6.97. The number of benzene rings is 1. The first-order chi connectivity index (χ1) is 12.0. The monoisotopic (exact) mass is 344 g/mol. The largest absolute Gasteiger partial charge is 0.497 e. The molecule has 0 aliphatic heterocycles. The number of ether oxygens (including phenoxy) is 1. The number of aromatic nitrogens is 1. The van der Waals surface area contributed by atoms with Gasteiger partial charge in [-0.3, -0.25) is 4.90 Å². The van der Waals surface area contributed by atoms with E-state index >= 15 is 0 Å². The van der Waals surface area contributed by atoms with Gasteiger partial charge in [0, 0.05) is 12.6 Å². The lowest BCUT2D eigenvalue weighted by Gasteiger charge is -2.35. The Labute approximate surface area is 149 Å². The van der Waals surface area contributed by atoms with Crippen LogP contribution in [0.1, 0.15) is 48.6 Å². The van der Waals surface area contributed by atoms with E-state index in [1.54, 1.807) is 7.11 Å². The fourth-order valence-corrected chi connectivity index (χ4v) is 3.52. The molecule has 25 heavy (non-hydrogen) atoms. The summed E-state index contributed by atoms with van der Waals surface area (Å²) in [6.45, 7) is 5.44. The highest BCUT2D eigenvalue weighted by Gasteiger charge is 2.26. The average molecular weight is 344 g/mol. The van der Waals surface area contributed by atoms with Crippen molar-refractivity contribution in [2.45, 2.75) is 64.8 Å². The van der Waals surface area contributed by atoms with Crippen LogP contribution in [0.25, 0.3) is 0 Å². The van der Waals surface area contributed by atoms with E-state index in [1.165, 1.54) is 5.56 Å². The van der Waals surface area contributed by atoms with Crippen molar-refractivity contribution in [2.75, 3.05) is 7.11 Å². The molecule has 1 heterocycles. The maximum atomic E-state index is 9.83. The van der Waals surface area contributed by atoms with Gasteiger partial charge in [0.2, 0.25) is 5.89 Å². The second-order valence-electron chi connectivity index (χ2n) is 6.97. The number of hydrogen-bond acceptors (Lipinski definition) is 5. The maximum Gasteiger partial charge on any atom is 0.208 e. The molecule has 5 nitrogen and oxygen atoms in total. The first-order valence-corrected chi connectivity index (χ1v) is 9.03. The van der Waals surface area contributed by atoms with Crippen LogP contribution in [0.2, 0.25) is 0 Å². The summed E-state index contributed by atoms with van der Waals surface area (Å²) in [5.74, 6) is 2.53. The van der Waals surface area contributed by atoms with Crippen LogP contribution < -0.4 is 4.74 Å². The van der Waals surface area contributed by atoms with Crippen LogP contribution in [0.3, 0.4) is 0 Å². The topological polar surface area (TPSA) is 58.7 Å². The maximum absolute atomic E-state index is 9.83. The first kappa shape index (κ1) is 18.0. The predicted molar refractivity (Wildman–Crippen MR) is 96.5 cm³/mol. The van der Waals surface area contributed by atoms with Gasteiger partial charge < -0.3 is 14.3 Å². The third-order valence-corrected chi connectivity index (χ3v) is 5.11. The van der Waals surface area contributed by atoms with E-state index < -0.39 is 0 Å². The van der Waals surface area contributed by atoms with Crippen molar-refractivity contribution in [2.24, 2.45) is 0 Å². The lowest BCUT2D eigenvalue weighted by atomic mass is 9.91. The van der Waals surface area contributed by atoms with Crippen molar-refractivity contribution in [3.05, 3.63) is 47.2 Å². The van der Waals surface area contributed by atoms with Crippen molar-refractivity contribution in [3.8, 4) is 5.75 Å². The summed E-state index contributed by atoms with van der Waals surface area (Å²) in [5, 5.41) is 9.83. The van der Waals surface area contributed by atoms with Gasteiger partial charge in [-0.05, 0) is 57.2 Å². The number of methoxy groups -OCH3 is 1. The molecule has 1 aliphatic carbocycles. The normalized spacial score (nSPS) is 20.8. The Bertz CT molecular complexity index is 670. The van der Waals surface area contributed by atoms with Crippen LogP contribution in [0, 0.1) is 13.8 Å². The average Bonchev–Trinajstić information content (AvgIpc) is 2.93. The summed E-state index contributed by atoms with van der Waals surface area (Å²) in [6.07, 6.45) is 3.58. The quantitative estimate of drug-likeness (QED) is 0.867. The zero-order chi connectivity index (χ0) is 17.8. The Morgan fingerprint density at radius 3 is 2.60 bits per heavy atom. The van der Waals surface area contributed by atoms with Crippen LogP contribution in [-0.4, -0.2) is 34.2 Å². The summed E-state index contributed by atoms with van der Waals surface area (Å²) in [7, 11) is 1.69. The Morgan fingerprint density at radius 1 is 1.20 bits per heavy atom. The van der Waals surface area contributed by atoms with Crippen molar-refractivity contribution in [3.63, 3.8) is 0 Å². The molecule has 0 saturated heterocycles. The molecule has 3 rings (SSSR count). The van der Waals surface area contributed by atoms with E-state index in [0.29, 0.717) is 12.6 Å². The standard InChI is InChI=1S/C20H28N2O3/c1-14-15(2)25-20(21-14)13-22(17-7-9-18(23)10-8-17)12-16-5-4-6-19(11-16)24-3/h4-6,11,17-18,23H,7-10,12-13H2,1-3H3. The fourth-order valence-electron chi connectivity index (χ4n) is 3.52. The zero-order valence-electron chi connectivity index (χ0n) is 15.4. The molecule has 1 fully saturated rings. The third-order valence-electron chi connectivity index (χ3n) is 5.11. The van der Waals surface area contributed by atoms with Crippen molar-refractivity contribution in [1.82, 2.24) is 9.88 Å². The minimum atomic E-state index is -0.152. The van der Waals surface area contributed by atoms with Crippen molar-refractivity contribution >= 4 is 0 Å². The molecule has 0 spiro atoms. The van der Waals surface area contributed by atoms with Gasteiger partial charge in [0.1, 0.15) is 11.5 Å². The summed E-state index contributed by atoms with van der Waals surface area (Å²) < 4.78 is 11.2. The number of hydrogen-bond donors (Lipinski definition) is 1. The number of oxazole rings is 1. The van der Waals surface area contributed by atoms with Crippen LogP contribution in [0.15, 0.2) is 28.7 Å². The van der Waals surface area contributed by atoms with E-state index in [1.807, 2.05) is 26.0 Å². The Morgan fingerprint density at radius 2 is 1.96 bits per heavy atom. The molecule has 1 aromatic heterocycles. The summed E-state index contributed by atoms with van der Waals surface area (Å²) in [5.41, 5.74) is 2.17. The Hall–Kier alpha value is -1.85. The minimum Gasteiger partial charge on any atom is -0.497 e. The lowest BCUT2D eigenvalue weighted by Crippen LogP contribution is -2.38. The molecular weight excluding hydrogens is 316 g/mol. The Kier molecular flexibility index (Phi) is 5.76. The predicted octanol–water partition coefficient (Wildman–Crippen LogP) is 3.61. The molecule has 1 saturated carbocycles. The van der Waals surface area contributed by atoms with E-state index in [4.69, 9.17) is 9.15 Å². The van der Waals surface area contributed by atoms with Crippen LogP contribution in [0.5, 0.6) is 5.75 Å². The Balaban J connectivity index is 1.77. The molecule has 2 aromatic rings. The van der Waals surface area contributed by atoms with Crippen molar-refractivity contribution in [1.29, 1.82) is 0 Å². The molecule has 0 bridgehead atoms. The van der Waals surface area contributed by atoms with Gasteiger partial charge in [-0.1, -0.05) is 12.1 Å². The molecule has 136 valence electrons. The number of aryl methyl sites for hydroxylation is 2. The van der Waals surface area contributed by atoms with Gasteiger partial charge in [-0.25, -0.2) is 4.98 Å². The van der Waals surface area contributed by atoms with Gasteiger partial charge >= 0.3 is 0 Å². The summed E-state index contributed by atoms with van der Waals surface area (Å²) >= 11 is 0. The molecule has 0 unspecified atom stereocenters. The molecule has 1 aromatic carbocycles. The smallest absolute Gasteiger partial charge is 0.208 e. The highest BCUT2D eigenvalue weighted by molar-refractivity contribution is 5.28. The van der Waals surface area contributed by atoms with E-state index in [-0.39, 0.29) is 6.10 Å². The van der Waals surface area contributed by atoms with Crippen LogP contribution in [-0.2, 0) is 13.1 Å². The highest BCUT2D eigenvalue weighted by Crippen LogP contribution is 2.27. The minimum absolute atomic E-state index is 0.152. The molecule has 1 N–H and O–H groups in total. The number of aliphatic hydroxyl groups excluding tert-OH is 1. The third kappa shape index (κ3) is 4.61. The van der Waals surface area contributed by atoms with Gasteiger partial charge in [-0.2, -0.15) is 0 Å². The highest BCUT2D eigenvalue weighted by atomic mass is 16.5. The van der Waals surface area contributed by atoms with Gasteiger partial charge in [-0.15, -0.1) is 0 Å². The van der Waals surface area contributed by atoms with Gasteiger partial charge in [0.15, 0.2) is 0 Å². The zero-order valence-corrected chi connectivity index (χ0v) is 15.4. The molecule has 0 amide bonds. The summed E-state index contributed by atoms with van der Waals surface area (Å²) in [6, 6.07) is 8.62. The number of nitrogens with zero attached hydrogens (tertiary/aromatic N) is 2. The van der Waals surface area contributed by atoms with Gasteiger partial charge in [0.25, 0.3) is 0 Å². The molecule has 0 atom stereocenters. The molecule has 1 aliphatic rings.